The molecule has 1 N–H and O–H groups in total. The van der Waals surface area contributed by atoms with Gasteiger partial charge in [0, 0.05) is 5.02 Å². The Kier molecular flexibility index (Phi) is 3.27. The van der Waals surface area contributed by atoms with Gasteiger partial charge < -0.3 is 5.32 Å². The molecule has 0 aromatic heterocycles. The highest BCUT2D eigenvalue weighted by molar-refractivity contribution is 6.30. The van der Waals surface area contributed by atoms with E-state index in [0.29, 0.717) is 16.9 Å². The highest BCUT2D eigenvalue weighted by atomic mass is 35.5. The van der Waals surface area contributed by atoms with E-state index in [0.717, 1.165) is 25.1 Å². The van der Waals surface area contributed by atoms with Crippen LogP contribution in [0.2, 0.25) is 5.02 Å². The molecule has 3 heteroatoms. The average Bonchev–Trinajstić information content (AvgIpc) is 2.23. The Labute approximate surface area is 94.6 Å². The number of hydrogen-bond acceptors (Lipinski definition) is 1. The van der Waals surface area contributed by atoms with Crippen LogP contribution in [-0.4, -0.2) is 13.1 Å². The molecule has 15 heavy (non-hydrogen) atoms. The fourth-order valence-corrected chi connectivity index (χ4v) is 2.46. The molecular weight excluding hydrogens is 213 g/mol. The van der Waals surface area contributed by atoms with Gasteiger partial charge in [0.15, 0.2) is 0 Å². The summed E-state index contributed by atoms with van der Waals surface area (Å²) in [6, 6.07) is 4.84. The Balaban J connectivity index is 2.30. The largest absolute Gasteiger partial charge is 0.316 e. The van der Waals surface area contributed by atoms with Crippen LogP contribution in [0.4, 0.5) is 4.39 Å². The fourth-order valence-electron chi connectivity index (χ4n) is 2.27. The molecule has 0 amide bonds. The van der Waals surface area contributed by atoms with E-state index < -0.39 is 0 Å². The van der Waals surface area contributed by atoms with Gasteiger partial charge >= 0.3 is 0 Å². The standard InChI is InChI=1S/C12H15ClFN/c1-8-7-15-5-4-10(8)11-6-9(13)2-3-12(11)14/h2-3,6,8,10,15H,4-5,7H2,1H3. The van der Waals surface area contributed by atoms with Crippen LogP contribution in [0, 0.1) is 11.7 Å². The third-order valence-corrected chi connectivity index (χ3v) is 3.38. The number of piperidine rings is 1. The summed E-state index contributed by atoms with van der Waals surface area (Å²) >= 11 is 5.90. The summed E-state index contributed by atoms with van der Waals surface area (Å²) in [5, 5.41) is 3.94. The molecule has 0 radical (unpaired) electrons. The maximum atomic E-state index is 13.6. The van der Waals surface area contributed by atoms with Crippen LogP contribution in [0.25, 0.3) is 0 Å². The first-order chi connectivity index (χ1) is 7.18. The maximum Gasteiger partial charge on any atom is 0.126 e. The molecule has 2 rings (SSSR count). The van der Waals surface area contributed by atoms with Gasteiger partial charge in [-0.2, -0.15) is 0 Å². The van der Waals surface area contributed by atoms with Crippen molar-refractivity contribution in [1.29, 1.82) is 0 Å². The topological polar surface area (TPSA) is 12.0 Å². The van der Waals surface area contributed by atoms with Crippen LogP contribution >= 0.6 is 11.6 Å². The Morgan fingerprint density at radius 2 is 2.27 bits per heavy atom. The number of rotatable bonds is 1. The zero-order valence-electron chi connectivity index (χ0n) is 8.76. The molecule has 1 nitrogen and oxygen atoms in total. The molecule has 0 spiro atoms. The molecular formula is C12H15ClFN. The lowest BCUT2D eigenvalue weighted by Crippen LogP contribution is -2.34. The molecule has 1 heterocycles. The third-order valence-electron chi connectivity index (χ3n) is 3.14. The second-order valence-electron chi connectivity index (χ2n) is 4.24. The van der Waals surface area contributed by atoms with Crippen LogP contribution in [0.3, 0.4) is 0 Å². The monoisotopic (exact) mass is 227 g/mol. The van der Waals surface area contributed by atoms with Gasteiger partial charge in [-0.25, -0.2) is 4.39 Å². The Hall–Kier alpha value is -0.600. The van der Waals surface area contributed by atoms with Crippen molar-refractivity contribution in [1.82, 2.24) is 5.32 Å². The molecule has 1 aliphatic rings. The van der Waals surface area contributed by atoms with Crippen molar-refractivity contribution in [3.63, 3.8) is 0 Å². The Morgan fingerprint density at radius 3 is 3.00 bits per heavy atom. The molecule has 82 valence electrons. The highest BCUT2D eigenvalue weighted by Gasteiger charge is 2.25. The quantitative estimate of drug-likeness (QED) is 0.777. The van der Waals surface area contributed by atoms with Crippen molar-refractivity contribution in [2.45, 2.75) is 19.3 Å². The van der Waals surface area contributed by atoms with E-state index in [-0.39, 0.29) is 5.82 Å². The number of hydrogen-bond donors (Lipinski definition) is 1. The van der Waals surface area contributed by atoms with Crippen molar-refractivity contribution < 1.29 is 4.39 Å². The minimum atomic E-state index is -0.127. The first kappa shape index (κ1) is 10.9. The molecule has 1 saturated heterocycles. The van der Waals surface area contributed by atoms with E-state index in [1.165, 1.54) is 6.07 Å². The molecule has 1 fully saturated rings. The van der Waals surface area contributed by atoms with Crippen LogP contribution in [-0.2, 0) is 0 Å². The zero-order chi connectivity index (χ0) is 10.8. The second kappa shape index (κ2) is 4.50. The molecule has 2 atom stereocenters. The summed E-state index contributed by atoms with van der Waals surface area (Å²) in [4.78, 5) is 0. The van der Waals surface area contributed by atoms with Gasteiger partial charge in [-0.3, -0.25) is 0 Å². The summed E-state index contributed by atoms with van der Waals surface area (Å²) in [6.07, 6.45) is 0.985. The van der Waals surface area contributed by atoms with Crippen molar-refractivity contribution >= 4 is 11.6 Å². The first-order valence-electron chi connectivity index (χ1n) is 5.34. The molecule has 0 bridgehead atoms. The van der Waals surface area contributed by atoms with E-state index >= 15 is 0 Å². The summed E-state index contributed by atoms with van der Waals surface area (Å²) < 4.78 is 13.6. The molecule has 1 aliphatic heterocycles. The maximum absolute atomic E-state index is 13.6. The smallest absolute Gasteiger partial charge is 0.126 e. The predicted octanol–water partition coefficient (Wildman–Crippen LogP) is 3.19. The normalized spacial score (nSPS) is 26.6. The SMILES string of the molecule is CC1CNCCC1c1cc(Cl)ccc1F. The summed E-state index contributed by atoms with van der Waals surface area (Å²) in [7, 11) is 0. The van der Waals surface area contributed by atoms with E-state index in [1.807, 2.05) is 0 Å². The van der Waals surface area contributed by atoms with Gasteiger partial charge in [0.05, 0.1) is 0 Å². The predicted molar refractivity (Wildman–Crippen MR) is 60.8 cm³/mol. The van der Waals surface area contributed by atoms with E-state index in [2.05, 4.69) is 12.2 Å². The summed E-state index contributed by atoms with van der Waals surface area (Å²) in [6.45, 7) is 4.06. The van der Waals surface area contributed by atoms with Crippen LogP contribution < -0.4 is 5.32 Å². The van der Waals surface area contributed by atoms with Crippen molar-refractivity contribution in [3.8, 4) is 0 Å². The van der Waals surface area contributed by atoms with Gasteiger partial charge in [0.2, 0.25) is 0 Å². The molecule has 0 saturated carbocycles. The van der Waals surface area contributed by atoms with Gasteiger partial charge in [-0.15, -0.1) is 0 Å². The Bertz CT molecular complexity index is 353. The van der Waals surface area contributed by atoms with E-state index in [1.54, 1.807) is 12.1 Å². The summed E-state index contributed by atoms with van der Waals surface area (Å²) in [5.41, 5.74) is 0.775. The molecule has 2 unspecified atom stereocenters. The number of halogens is 2. The highest BCUT2D eigenvalue weighted by Crippen LogP contribution is 2.32. The lowest BCUT2D eigenvalue weighted by atomic mass is 9.82. The molecule has 1 aromatic carbocycles. The van der Waals surface area contributed by atoms with Gasteiger partial charge in [-0.05, 0) is 55.1 Å². The van der Waals surface area contributed by atoms with Gasteiger partial charge in [0.25, 0.3) is 0 Å². The van der Waals surface area contributed by atoms with Crippen LogP contribution in [0.15, 0.2) is 18.2 Å². The summed E-state index contributed by atoms with van der Waals surface area (Å²) in [5.74, 6) is 0.634. The van der Waals surface area contributed by atoms with E-state index in [9.17, 15) is 4.39 Å². The molecule has 0 aliphatic carbocycles. The number of nitrogens with one attached hydrogen (secondary N) is 1. The van der Waals surface area contributed by atoms with Crippen molar-refractivity contribution in [2.24, 2.45) is 5.92 Å². The lowest BCUT2D eigenvalue weighted by Gasteiger charge is -2.30. The first-order valence-corrected chi connectivity index (χ1v) is 5.72. The molecule has 1 aromatic rings. The minimum absolute atomic E-state index is 0.127. The van der Waals surface area contributed by atoms with Crippen molar-refractivity contribution in [3.05, 3.63) is 34.6 Å². The zero-order valence-corrected chi connectivity index (χ0v) is 9.52. The van der Waals surface area contributed by atoms with Crippen LogP contribution in [0.1, 0.15) is 24.8 Å². The number of benzene rings is 1. The fraction of sp³-hybridized carbons (Fsp3) is 0.500. The van der Waals surface area contributed by atoms with Crippen molar-refractivity contribution in [2.75, 3.05) is 13.1 Å². The minimum Gasteiger partial charge on any atom is -0.316 e. The average molecular weight is 228 g/mol. The lowest BCUT2D eigenvalue weighted by molar-refractivity contribution is 0.341. The van der Waals surface area contributed by atoms with E-state index in [4.69, 9.17) is 11.6 Å². The van der Waals surface area contributed by atoms with Crippen LogP contribution in [0.5, 0.6) is 0 Å². The van der Waals surface area contributed by atoms with Gasteiger partial charge in [0.1, 0.15) is 5.82 Å². The second-order valence-corrected chi connectivity index (χ2v) is 4.68. The third kappa shape index (κ3) is 2.32. The Morgan fingerprint density at radius 1 is 1.47 bits per heavy atom. The van der Waals surface area contributed by atoms with Gasteiger partial charge in [-0.1, -0.05) is 18.5 Å².